The Balaban J connectivity index is 2.45. The van der Waals surface area contributed by atoms with E-state index in [2.05, 4.69) is 4.98 Å². The number of anilines is 2. The molecule has 0 radical (unpaired) electrons. The van der Waals surface area contributed by atoms with Gasteiger partial charge in [0.1, 0.15) is 5.82 Å². The van der Waals surface area contributed by atoms with Crippen LogP contribution in [0.2, 0.25) is 0 Å². The molecule has 7 heteroatoms. The summed E-state index contributed by atoms with van der Waals surface area (Å²) in [5, 5.41) is 0. The zero-order valence-corrected chi connectivity index (χ0v) is 10.9. The van der Waals surface area contributed by atoms with Gasteiger partial charge in [0.25, 0.3) is 10.0 Å². The van der Waals surface area contributed by atoms with Crippen LogP contribution in [0.15, 0.2) is 47.6 Å². The van der Waals surface area contributed by atoms with E-state index in [4.69, 9.17) is 5.73 Å². The van der Waals surface area contributed by atoms with Crippen LogP contribution in [-0.2, 0) is 10.0 Å². The first-order valence-electron chi connectivity index (χ1n) is 5.37. The zero-order valence-electron chi connectivity index (χ0n) is 10.1. The average molecular weight is 281 g/mol. The maximum Gasteiger partial charge on any atom is 0.264 e. The molecule has 0 aliphatic heterocycles. The van der Waals surface area contributed by atoms with Crippen molar-refractivity contribution in [3.63, 3.8) is 0 Å². The smallest absolute Gasteiger partial charge is 0.264 e. The molecule has 0 unspecified atom stereocenters. The van der Waals surface area contributed by atoms with Crippen molar-refractivity contribution < 1.29 is 12.8 Å². The van der Waals surface area contributed by atoms with Crippen molar-refractivity contribution in [2.75, 3.05) is 17.1 Å². The lowest BCUT2D eigenvalue weighted by Crippen LogP contribution is -2.26. The fourth-order valence-electron chi connectivity index (χ4n) is 1.52. The van der Waals surface area contributed by atoms with Crippen LogP contribution < -0.4 is 10.0 Å². The predicted octanol–water partition coefficient (Wildman–Crippen LogP) is 1.63. The summed E-state index contributed by atoms with van der Waals surface area (Å²) in [7, 11) is -2.39. The van der Waals surface area contributed by atoms with Crippen LogP contribution in [0.4, 0.5) is 15.8 Å². The Morgan fingerprint density at radius 2 is 2.05 bits per heavy atom. The van der Waals surface area contributed by atoms with Gasteiger partial charge >= 0.3 is 0 Å². The lowest BCUT2D eigenvalue weighted by molar-refractivity contribution is 0.593. The normalized spacial score (nSPS) is 11.3. The molecule has 2 N–H and O–H groups in total. The van der Waals surface area contributed by atoms with E-state index in [9.17, 15) is 12.8 Å². The molecule has 5 nitrogen and oxygen atoms in total. The Labute approximate surface area is 110 Å². The Morgan fingerprint density at radius 3 is 2.63 bits per heavy atom. The summed E-state index contributed by atoms with van der Waals surface area (Å²) in [6, 6.07) is 6.53. The maximum atomic E-state index is 13.1. The first-order chi connectivity index (χ1) is 8.93. The van der Waals surface area contributed by atoms with Crippen molar-refractivity contribution in [3.8, 4) is 0 Å². The van der Waals surface area contributed by atoms with Gasteiger partial charge in [0, 0.05) is 13.2 Å². The lowest BCUT2D eigenvalue weighted by atomic mass is 10.3. The molecule has 0 amide bonds. The summed E-state index contributed by atoms with van der Waals surface area (Å²) in [4.78, 5) is 3.78. The van der Waals surface area contributed by atoms with Crippen molar-refractivity contribution >= 4 is 21.4 Å². The highest BCUT2D eigenvalue weighted by Gasteiger charge is 2.22. The van der Waals surface area contributed by atoms with Gasteiger partial charge in [-0.25, -0.2) is 12.8 Å². The standard InChI is InChI=1S/C12H12FN3O2S/c1-16(9-3-2-6-15-8-9)19(17,18)10-4-5-11(13)12(14)7-10/h2-8H,14H2,1H3. The predicted molar refractivity (Wildman–Crippen MR) is 70.6 cm³/mol. The molecule has 0 aliphatic rings. The van der Waals surface area contributed by atoms with Crippen LogP contribution in [-0.4, -0.2) is 20.4 Å². The van der Waals surface area contributed by atoms with Crippen molar-refractivity contribution in [3.05, 3.63) is 48.5 Å². The molecular weight excluding hydrogens is 269 g/mol. The Kier molecular flexibility index (Phi) is 3.39. The number of benzene rings is 1. The summed E-state index contributed by atoms with van der Waals surface area (Å²) in [5.41, 5.74) is 5.59. The fraction of sp³-hybridized carbons (Fsp3) is 0.0833. The van der Waals surface area contributed by atoms with Gasteiger partial charge in [0.15, 0.2) is 0 Å². The van der Waals surface area contributed by atoms with Gasteiger partial charge in [0.05, 0.1) is 22.5 Å². The number of aromatic nitrogens is 1. The van der Waals surface area contributed by atoms with E-state index in [1.807, 2.05) is 0 Å². The molecule has 1 aromatic heterocycles. The van der Waals surface area contributed by atoms with Gasteiger partial charge < -0.3 is 5.73 Å². The largest absolute Gasteiger partial charge is 0.396 e. The number of pyridine rings is 1. The van der Waals surface area contributed by atoms with E-state index in [-0.39, 0.29) is 10.6 Å². The van der Waals surface area contributed by atoms with E-state index in [0.29, 0.717) is 5.69 Å². The highest BCUT2D eigenvalue weighted by molar-refractivity contribution is 7.92. The average Bonchev–Trinajstić information content (AvgIpc) is 2.41. The van der Waals surface area contributed by atoms with Gasteiger partial charge in [-0.15, -0.1) is 0 Å². The minimum atomic E-state index is -3.78. The molecule has 0 fully saturated rings. The molecule has 19 heavy (non-hydrogen) atoms. The quantitative estimate of drug-likeness (QED) is 0.867. The van der Waals surface area contributed by atoms with Gasteiger partial charge in [-0.2, -0.15) is 0 Å². The summed E-state index contributed by atoms with van der Waals surface area (Å²) in [5.74, 6) is -0.650. The van der Waals surface area contributed by atoms with Gasteiger partial charge in [-0.05, 0) is 30.3 Å². The number of nitrogens with two attached hydrogens (primary N) is 1. The third kappa shape index (κ3) is 2.50. The molecule has 0 atom stereocenters. The van der Waals surface area contributed by atoms with Crippen LogP contribution in [0.3, 0.4) is 0 Å². The third-order valence-corrected chi connectivity index (χ3v) is 4.42. The number of nitrogens with zero attached hydrogens (tertiary/aromatic N) is 2. The van der Waals surface area contributed by atoms with Crippen LogP contribution in [0.1, 0.15) is 0 Å². The Bertz CT molecular complexity index is 689. The molecular formula is C12H12FN3O2S. The summed E-state index contributed by atoms with van der Waals surface area (Å²) < 4.78 is 38.8. The molecule has 0 saturated carbocycles. The molecule has 0 aliphatic carbocycles. The summed E-state index contributed by atoms with van der Waals surface area (Å²) in [6.45, 7) is 0. The monoisotopic (exact) mass is 281 g/mol. The minimum Gasteiger partial charge on any atom is -0.396 e. The van der Waals surface area contributed by atoms with Crippen molar-refractivity contribution in [1.82, 2.24) is 4.98 Å². The molecule has 1 heterocycles. The van der Waals surface area contributed by atoms with Gasteiger partial charge in [0.2, 0.25) is 0 Å². The second-order valence-corrected chi connectivity index (χ2v) is 5.84. The van der Waals surface area contributed by atoms with E-state index < -0.39 is 15.8 Å². The molecule has 2 rings (SSSR count). The number of nitrogen functional groups attached to an aromatic ring is 1. The van der Waals surface area contributed by atoms with Crippen molar-refractivity contribution in [2.24, 2.45) is 0 Å². The summed E-state index contributed by atoms with van der Waals surface area (Å²) >= 11 is 0. The minimum absolute atomic E-state index is 0.0715. The van der Waals surface area contributed by atoms with Crippen molar-refractivity contribution in [1.29, 1.82) is 0 Å². The first-order valence-corrected chi connectivity index (χ1v) is 6.81. The molecule has 100 valence electrons. The second-order valence-electron chi connectivity index (χ2n) is 3.87. The van der Waals surface area contributed by atoms with Crippen LogP contribution in [0.25, 0.3) is 0 Å². The summed E-state index contributed by atoms with van der Waals surface area (Å²) in [6.07, 6.45) is 2.96. The zero-order chi connectivity index (χ0) is 14.0. The highest BCUT2D eigenvalue weighted by atomic mass is 32.2. The van der Waals surface area contributed by atoms with Gasteiger partial charge in [-0.3, -0.25) is 9.29 Å². The molecule has 2 aromatic rings. The first kappa shape index (κ1) is 13.3. The number of sulfonamides is 1. The number of hydrogen-bond donors (Lipinski definition) is 1. The highest BCUT2D eigenvalue weighted by Crippen LogP contribution is 2.23. The van der Waals surface area contributed by atoms with Crippen molar-refractivity contribution in [2.45, 2.75) is 4.90 Å². The van der Waals surface area contributed by atoms with Crippen LogP contribution in [0, 0.1) is 5.82 Å². The topological polar surface area (TPSA) is 76.3 Å². The molecule has 1 aromatic carbocycles. The Morgan fingerprint density at radius 1 is 1.32 bits per heavy atom. The molecule has 0 saturated heterocycles. The molecule has 0 bridgehead atoms. The number of hydrogen-bond acceptors (Lipinski definition) is 4. The lowest BCUT2D eigenvalue weighted by Gasteiger charge is -2.19. The maximum absolute atomic E-state index is 13.1. The van der Waals surface area contributed by atoms with E-state index in [1.165, 1.54) is 19.3 Å². The van der Waals surface area contributed by atoms with E-state index >= 15 is 0 Å². The van der Waals surface area contributed by atoms with E-state index in [0.717, 1.165) is 16.4 Å². The number of rotatable bonds is 3. The van der Waals surface area contributed by atoms with E-state index in [1.54, 1.807) is 18.3 Å². The fourth-order valence-corrected chi connectivity index (χ4v) is 2.74. The number of halogens is 1. The van der Waals surface area contributed by atoms with Crippen LogP contribution in [0.5, 0.6) is 0 Å². The third-order valence-electron chi connectivity index (χ3n) is 2.64. The second kappa shape index (κ2) is 4.85. The van der Waals surface area contributed by atoms with Gasteiger partial charge in [-0.1, -0.05) is 0 Å². The molecule has 0 spiro atoms. The Hall–Kier alpha value is -2.15. The van der Waals surface area contributed by atoms with Crippen LogP contribution >= 0.6 is 0 Å². The SMILES string of the molecule is CN(c1cccnc1)S(=O)(=O)c1ccc(F)c(N)c1.